The van der Waals surface area contributed by atoms with E-state index in [9.17, 15) is 20.1 Å². The highest BCUT2D eigenvalue weighted by atomic mass is 16.2. The molecule has 2 aliphatic heterocycles. The van der Waals surface area contributed by atoms with Gasteiger partial charge in [0.25, 0.3) is 0 Å². The molecule has 10 heteroatoms. The van der Waals surface area contributed by atoms with Crippen LogP contribution in [0.2, 0.25) is 0 Å². The standard InChI is InChI=1S/2C21H20N4O/c2*1-3-25-13-17-7-8-18(10-19(17)24-20(25)26)21(2,14-23)11-15-5-4-6-16(9-15)12-22/h2*4-10H,3,11,13H2,1-2H3,(H,24,26)/t2*21-/m10/s1. The summed E-state index contributed by atoms with van der Waals surface area (Å²) < 4.78 is 0. The van der Waals surface area contributed by atoms with Crippen LogP contribution in [-0.2, 0) is 36.8 Å². The molecular weight excluding hydrogens is 649 g/mol. The summed E-state index contributed by atoms with van der Waals surface area (Å²) in [5.74, 6) is 0. The number of hydrogen-bond donors (Lipinski definition) is 2. The Labute approximate surface area is 305 Å². The van der Waals surface area contributed by atoms with Crippen molar-refractivity contribution in [1.82, 2.24) is 9.80 Å². The van der Waals surface area contributed by atoms with Crippen molar-refractivity contribution in [3.05, 3.63) is 129 Å². The molecule has 2 atom stereocenters. The minimum absolute atomic E-state index is 0.113. The van der Waals surface area contributed by atoms with Gasteiger partial charge in [-0.25, -0.2) is 9.59 Å². The molecule has 52 heavy (non-hydrogen) atoms. The summed E-state index contributed by atoms with van der Waals surface area (Å²) in [4.78, 5) is 27.7. The van der Waals surface area contributed by atoms with Crippen molar-refractivity contribution in [3.63, 3.8) is 0 Å². The number of amides is 4. The number of rotatable bonds is 8. The number of fused-ring (bicyclic) bond motifs is 2. The van der Waals surface area contributed by atoms with Crippen LogP contribution in [0.15, 0.2) is 84.9 Å². The molecule has 260 valence electrons. The van der Waals surface area contributed by atoms with Gasteiger partial charge < -0.3 is 20.4 Å². The molecule has 2 heterocycles. The first-order chi connectivity index (χ1) is 25.0. The summed E-state index contributed by atoms with van der Waals surface area (Å²) in [6, 6.07) is 35.2. The molecule has 0 unspecified atom stereocenters. The summed E-state index contributed by atoms with van der Waals surface area (Å²) >= 11 is 0. The molecule has 0 bridgehead atoms. The van der Waals surface area contributed by atoms with Crippen LogP contribution in [0.25, 0.3) is 0 Å². The summed E-state index contributed by atoms with van der Waals surface area (Å²) in [6.45, 7) is 10.1. The number of nitriles is 4. The average Bonchev–Trinajstić information content (AvgIpc) is 3.17. The Morgan fingerprint density at radius 1 is 0.615 bits per heavy atom. The van der Waals surface area contributed by atoms with Gasteiger partial charge in [-0.3, -0.25) is 0 Å². The van der Waals surface area contributed by atoms with Crippen LogP contribution in [0.3, 0.4) is 0 Å². The first-order valence-electron chi connectivity index (χ1n) is 17.2. The first kappa shape index (κ1) is 36.7. The summed E-state index contributed by atoms with van der Waals surface area (Å²) in [7, 11) is 0. The van der Waals surface area contributed by atoms with Crippen LogP contribution in [0, 0.1) is 45.3 Å². The summed E-state index contributed by atoms with van der Waals surface area (Å²) in [5, 5.41) is 43.7. The minimum atomic E-state index is -0.754. The Bertz CT molecular complexity index is 2030. The first-order valence-corrected chi connectivity index (χ1v) is 17.2. The largest absolute Gasteiger partial charge is 0.322 e. The van der Waals surface area contributed by atoms with E-state index in [-0.39, 0.29) is 12.1 Å². The normalized spacial score (nSPS) is 15.2. The Balaban J connectivity index is 0.000000201. The molecule has 0 radical (unpaired) electrons. The number of nitrogens with one attached hydrogen (secondary N) is 2. The lowest BCUT2D eigenvalue weighted by Gasteiger charge is -2.30. The van der Waals surface area contributed by atoms with Gasteiger partial charge in [-0.1, -0.05) is 48.5 Å². The average molecular weight is 689 g/mol. The van der Waals surface area contributed by atoms with Crippen LogP contribution in [0.1, 0.15) is 72.2 Å². The Hall–Kier alpha value is -6.62. The number of hydrogen-bond acceptors (Lipinski definition) is 6. The van der Waals surface area contributed by atoms with Crippen LogP contribution < -0.4 is 10.6 Å². The lowest BCUT2D eigenvalue weighted by atomic mass is 9.78. The highest BCUT2D eigenvalue weighted by molar-refractivity contribution is 5.93. The monoisotopic (exact) mass is 688 g/mol. The van der Waals surface area contributed by atoms with Gasteiger partial charge >= 0.3 is 12.1 Å². The van der Waals surface area contributed by atoms with Gasteiger partial charge in [-0.2, -0.15) is 21.0 Å². The zero-order valence-electron chi connectivity index (χ0n) is 29.8. The van der Waals surface area contributed by atoms with Crippen LogP contribution >= 0.6 is 0 Å². The fourth-order valence-corrected chi connectivity index (χ4v) is 6.53. The molecule has 4 aromatic carbocycles. The maximum absolute atomic E-state index is 12.1. The van der Waals surface area contributed by atoms with Gasteiger partial charge in [-0.15, -0.1) is 0 Å². The number of anilines is 2. The summed E-state index contributed by atoms with van der Waals surface area (Å²) in [5.41, 5.74) is 6.86. The molecule has 0 fully saturated rings. The van der Waals surface area contributed by atoms with E-state index in [4.69, 9.17) is 10.5 Å². The molecule has 4 aromatic rings. The maximum Gasteiger partial charge on any atom is 0.322 e. The number of carbonyl (C=O) groups excluding carboxylic acids is 2. The predicted molar refractivity (Wildman–Crippen MR) is 199 cm³/mol. The number of benzene rings is 4. The molecule has 0 saturated carbocycles. The van der Waals surface area contributed by atoms with E-state index in [2.05, 4.69) is 34.9 Å². The third-order valence-corrected chi connectivity index (χ3v) is 9.76. The fraction of sp³-hybridized carbons (Fsp3) is 0.286. The van der Waals surface area contributed by atoms with Gasteiger partial charge in [0.2, 0.25) is 0 Å². The SMILES string of the molecule is CCN1Cc2ccc([C@@](C)(C#N)Cc3cccc(C#N)c3)cc2NC1=O.CCN1Cc2ccc([C@](C)(C#N)Cc3cccc(C#N)c3)cc2NC1=O. The van der Waals surface area contributed by atoms with E-state index < -0.39 is 10.8 Å². The van der Waals surface area contributed by atoms with Gasteiger partial charge in [-0.05, 0) is 110 Å². The lowest BCUT2D eigenvalue weighted by Crippen LogP contribution is -2.38. The molecule has 6 rings (SSSR count). The highest BCUT2D eigenvalue weighted by Crippen LogP contribution is 2.35. The van der Waals surface area contributed by atoms with E-state index >= 15 is 0 Å². The number of urea groups is 2. The second-order valence-electron chi connectivity index (χ2n) is 13.5. The minimum Gasteiger partial charge on any atom is -0.320 e. The van der Waals surface area contributed by atoms with Crippen LogP contribution in [-0.4, -0.2) is 35.0 Å². The van der Waals surface area contributed by atoms with Crippen LogP contribution in [0.4, 0.5) is 21.0 Å². The molecule has 2 aliphatic rings. The predicted octanol–water partition coefficient (Wildman–Crippen LogP) is 7.90. The van der Waals surface area contributed by atoms with E-state index in [1.54, 1.807) is 21.9 Å². The Morgan fingerprint density at radius 3 is 1.37 bits per heavy atom. The van der Waals surface area contributed by atoms with E-state index in [1.807, 2.05) is 100 Å². The zero-order valence-corrected chi connectivity index (χ0v) is 29.8. The van der Waals surface area contributed by atoms with E-state index in [0.717, 1.165) is 44.8 Å². The van der Waals surface area contributed by atoms with Gasteiger partial charge in [0, 0.05) is 37.6 Å². The van der Waals surface area contributed by atoms with Crippen molar-refractivity contribution >= 4 is 23.4 Å². The van der Waals surface area contributed by atoms with Crippen molar-refractivity contribution < 1.29 is 9.59 Å². The van der Waals surface area contributed by atoms with Crippen LogP contribution in [0.5, 0.6) is 0 Å². The lowest BCUT2D eigenvalue weighted by molar-refractivity contribution is 0.209. The molecule has 0 saturated heterocycles. The van der Waals surface area contributed by atoms with E-state index in [0.29, 0.717) is 50.1 Å². The Morgan fingerprint density at radius 2 is 1.02 bits per heavy atom. The molecular formula is C42H40N8O2. The van der Waals surface area contributed by atoms with Gasteiger partial charge in [0.1, 0.15) is 0 Å². The van der Waals surface area contributed by atoms with Crippen molar-refractivity contribution in [2.45, 2.75) is 64.5 Å². The number of nitrogens with zero attached hydrogens (tertiary/aromatic N) is 6. The molecule has 10 nitrogen and oxygen atoms in total. The van der Waals surface area contributed by atoms with Gasteiger partial charge in [0.15, 0.2) is 0 Å². The molecule has 4 amide bonds. The van der Waals surface area contributed by atoms with Crippen molar-refractivity contribution in [1.29, 1.82) is 21.0 Å². The smallest absolute Gasteiger partial charge is 0.320 e. The third-order valence-electron chi connectivity index (χ3n) is 9.76. The number of carbonyl (C=O) groups is 2. The highest BCUT2D eigenvalue weighted by Gasteiger charge is 2.31. The van der Waals surface area contributed by atoms with Crippen molar-refractivity contribution in [2.24, 2.45) is 0 Å². The van der Waals surface area contributed by atoms with E-state index in [1.165, 1.54) is 0 Å². The Kier molecular flexibility index (Phi) is 10.9. The molecule has 0 aliphatic carbocycles. The zero-order chi connectivity index (χ0) is 37.5. The van der Waals surface area contributed by atoms with Gasteiger partial charge in [0.05, 0.1) is 46.2 Å². The quantitative estimate of drug-likeness (QED) is 0.191. The molecule has 0 aromatic heterocycles. The second-order valence-corrected chi connectivity index (χ2v) is 13.5. The fourth-order valence-electron chi connectivity index (χ4n) is 6.53. The maximum atomic E-state index is 12.1. The third kappa shape index (κ3) is 7.89. The van der Waals surface area contributed by atoms with Crippen molar-refractivity contribution in [2.75, 3.05) is 23.7 Å². The molecule has 2 N–H and O–H groups in total. The molecule has 0 spiro atoms. The van der Waals surface area contributed by atoms with Crippen molar-refractivity contribution in [3.8, 4) is 24.3 Å². The topological polar surface area (TPSA) is 160 Å². The second kappa shape index (κ2) is 15.5. The summed E-state index contributed by atoms with van der Waals surface area (Å²) in [6.07, 6.45) is 0.986.